The molecule has 0 bridgehead atoms. The van der Waals surface area contributed by atoms with Crippen LogP contribution in [0, 0.1) is 0 Å². The van der Waals surface area contributed by atoms with Gasteiger partial charge in [-0.15, -0.1) is 0 Å². The van der Waals surface area contributed by atoms with Crippen LogP contribution in [0.15, 0.2) is 84.9 Å². The van der Waals surface area contributed by atoms with Crippen LogP contribution in [-0.2, 0) is 10.2 Å². The fourth-order valence-corrected chi connectivity index (χ4v) is 4.06. The lowest BCUT2D eigenvalue weighted by Crippen LogP contribution is -2.51. The number of hydrogen-bond acceptors (Lipinski definition) is 2. The van der Waals surface area contributed by atoms with Crippen LogP contribution in [0.3, 0.4) is 0 Å². The second-order valence-electron chi connectivity index (χ2n) is 6.55. The molecule has 3 aromatic rings. The molecule has 25 heavy (non-hydrogen) atoms. The minimum Gasteiger partial charge on any atom is -0.497 e. The highest BCUT2D eigenvalue weighted by atomic mass is 16.5. The number of ketones is 1. The Hall–Kier alpha value is -2.87. The number of hydrogen-bond donors (Lipinski definition) is 0. The van der Waals surface area contributed by atoms with Gasteiger partial charge in [0.2, 0.25) is 0 Å². The van der Waals surface area contributed by atoms with E-state index in [1.54, 1.807) is 7.11 Å². The number of Topliss-reactive ketones (excluding diaryl/α,β-unsaturated/α-hetero) is 1. The minimum atomic E-state index is -0.297. The lowest BCUT2D eigenvalue weighted by atomic mass is 9.51. The molecule has 0 aliphatic heterocycles. The van der Waals surface area contributed by atoms with Gasteiger partial charge in [-0.3, -0.25) is 4.79 Å². The van der Waals surface area contributed by atoms with Gasteiger partial charge in [0.05, 0.1) is 13.0 Å². The highest BCUT2D eigenvalue weighted by Crippen LogP contribution is 2.56. The van der Waals surface area contributed by atoms with Gasteiger partial charge in [-0.2, -0.15) is 0 Å². The van der Waals surface area contributed by atoms with Crippen LogP contribution >= 0.6 is 0 Å². The molecule has 3 aromatic carbocycles. The van der Waals surface area contributed by atoms with Gasteiger partial charge in [0, 0.05) is 11.8 Å². The smallest absolute Gasteiger partial charge is 0.142 e. The molecule has 1 saturated carbocycles. The fraction of sp³-hybridized carbons (Fsp3) is 0.174. The summed E-state index contributed by atoms with van der Waals surface area (Å²) in [6.07, 6.45) is 0.539. The Kier molecular flexibility index (Phi) is 3.89. The third-order valence-electron chi connectivity index (χ3n) is 5.29. The lowest BCUT2D eigenvalue weighted by molar-refractivity contribution is -0.130. The van der Waals surface area contributed by atoms with Crippen molar-refractivity contribution in [1.29, 1.82) is 0 Å². The van der Waals surface area contributed by atoms with Gasteiger partial charge in [-0.1, -0.05) is 72.8 Å². The van der Waals surface area contributed by atoms with Crippen LogP contribution < -0.4 is 4.74 Å². The zero-order chi connectivity index (χ0) is 17.3. The summed E-state index contributed by atoms with van der Waals surface area (Å²) in [6.45, 7) is 0. The quantitative estimate of drug-likeness (QED) is 0.691. The second-order valence-corrected chi connectivity index (χ2v) is 6.55. The van der Waals surface area contributed by atoms with Gasteiger partial charge in [-0.25, -0.2) is 0 Å². The molecule has 2 nitrogen and oxygen atoms in total. The summed E-state index contributed by atoms with van der Waals surface area (Å²) in [4.78, 5) is 12.7. The van der Waals surface area contributed by atoms with Crippen molar-refractivity contribution in [2.24, 2.45) is 0 Å². The molecule has 1 unspecified atom stereocenters. The molecular weight excluding hydrogens is 308 g/mol. The summed E-state index contributed by atoms with van der Waals surface area (Å²) >= 11 is 0. The molecule has 0 heterocycles. The van der Waals surface area contributed by atoms with Crippen LogP contribution in [-0.4, -0.2) is 12.9 Å². The van der Waals surface area contributed by atoms with Crippen molar-refractivity contribution in [3.05, 3.63) is 102 Å². The minimum absolute atomic E-state index is 0.164. The van der Waals surface area contributed by atoms with Crippen molar-refractivity contribution in [1.82, 2.24) is 0 Å². The first-order valence-electron chi connectivity index (χ1n) is 8.53. The van der Waals surface area contributed by atoms with E-state index in [4.69, 9.17) is 4.74 Å². The van der Waals surface area contributed by atoms with E-state index in [9.17, 15) is 4.79 Å². The van der Waals surface area contributed by atoms with E-state index in [0.717, 1.165) is 11.3 Å². The summed E-state index contributed by atoms with van der Waals surface area (Å²) < 4.78 is 5.26. The Labute approximate surface area is 148 Å². The van der Waals surface area contributed by atoms with Crippen LogP contribution in [0.2, 0.25) is 0 Å². The summed E-state index contributed by atoms with van der Waals surface area (Å²) in [5.41, 5.74) is 3.14. The van der Waals surface area contributed by atoms with Gasteiger partial charge in [0.15, 0.2) is 0 Å². The number of carbonyl (C=O) groups excluding carboxylic acids is 1. The molecule has 2 heteroatoms. The molecule has 0 aromatic heterocycles. The summed E-state index contributed by atoms with van der Waals surface area (Å²) in [6, 6.07) is 28.7. The predicted octanol–water partition coefficient (Wildman–Crippen LogP) is 4.74. The number of benzene rings is 3. The molecule has 0 amide bonds. The lowest BCUT2D eigenvalue weighted by Gasteiger charge is -2.49. The molecule has 1 aliphatic rings. The highest BCUT2D eigenvalue weighted by Gasteiger charge is 2.56. The Morgan fingerprint density at radius 2 is 1.32 bits per heavy atom. The number of methoxy groups -OCH3 is 1. The van der Waals surface area contributed by atoms with Crippen molar-refractivity contribution in [3.63, 3.8) is 0 Å². The number of rotatable bonds is 4. The first-order valence-corrected chi connectivity index (χ1v) is 8.53. The van der Waals surface area contributed by atoms with Gasteiger partial charge >= 0.3 is 0 Å². The Balaban J connectivity index is 1.87. The highest BCUT2D eigenvalue weighted by molar-refractivity contribution is 5.98. The van der Waals surface area contributed by atoms with E-state index in [2.05, 4.69) is 24.3 Å². The Bertz CT molecular complexity index is 827. The van der Waals surface area contributed by atoms with Crippen LogP contribution in [0.25, 0.3) is 0 Å². The monoisotopic (exact) mass is 328 g/mol. The average molecular weight is 328 g/mol. The first kappa shape index (κ1) is 15.6. The summed E-state index contributed by atoms with van der Waals surface area (Å²) in [5, 5.41) is 0. The van der Waals surface area contributed by atoms with Crippen molar-refractivity contribution in [2.75, 3.05) is 7.11 Å². The fourth-order valence-electron chi connectivity index (χ4n) is 4.06. The molecule has 0 N–H and O–H groups in total. The van der Waals surface area contributed by atoms with Gasteiger partial charge < -0.3 is 4.74 Å². The first-order chi connectivity index (χ1) is 12.3. The molecule has 0 saturated heterocycles. The third-order valence-corrected chi connectivity index (χ3v) is 5.29. The maximum atomic E-state index is 12.7. The van der Waals surface area contributed by atoms with E-state index < -0.39 is 0 Å². The molecule has 1 fully saturated rings. The Morgan fingerprint density at radius 3 is 1.76 bits per heavy atom. The largest absolute Gasteiger partial charge is 0.497 e. The normalized spacial score (nSPS) is 18.4. The van der Waals surface area contributed by atoms with E-state index >= 15 is 0 Å². The van der Waals surface area contributed by atoms with E-state index in [1.807, 2.05) is 60.7 Å². The average Bonchev–Trinajstić information content (AvgIpc) is 2.68. The molecule has 1 atom stereocenters. The predicted molar refractivity (Wildman–Crippen MR) is 99.0 cm³/mol. The topological polar surface area (TPSA) is 26.3 Å². The van der Waals surface area contributed by atoms with Crippen molar-refractivity contribution >= 4 is 5.78 Å². The van der Waals surface area contributed by atoms with E-state index in [1.165, 1.54) is 11.1 Å². The van der Waals surface area contributed by atoms with Gasteiger partial charge in [0.25, 0.3) is 0 Å². The molecule has 1 aliphatic carbocycles. The molecule has 0 spiro atoms. The number of carbonyl (C=O) groups is 1. The van der Waals surface area contributed by atoms with Crippen molar-refractivity contribution in [2.45, 2.75) is 17.8 Å². The zero-order valence-electron chi connectivity index (χ0n) is 14.2. The summed E-state index contributed by atoms with van der Waals surface area (Å²) in [7, 11) is 1.65. The molecule has 124 valence electrons. The van der Waals surface area contributed by atoms with Crippen LogP contribution in [0.1, 0.15) is 29.0 Å². The number of ether oxygens (including phenoxy) is 1. The second kappa shape index (κ2) is 6.21. The summed E-state index contributed by atoms with van der Waals surface area (Å²) in [5.74, 6) is 0.932. The van der Waals surface area contributed by atoms with Crippen LogP contribution in [0.5, 0.6) is 5.75 Å². The van der Waals surface area contributed by atoms with Crippen LogP contribution in [0.4, 0.5) is 0 Å². The standard InChI is InChI=1S/C23H20O2/c1-25-20-14-12-17(13-15-20)22-21(24)16-23(22,18-8-4-2-5-9-18)19-10-6-3-7-11-19/h2-15,22H,16H2,1H3. The molecule has 4 rings (SSSR count). The maximum absolute atomic E-state index is 12.7. The SMILES string of the molecule is COc1ccc(C2C(=O)CC2(c2ccccc2)c2ccccc2)cc1. The third kappa shape index (κ3) is 2.45. The zero-order valence-corrected chi connectivity index (χ0v) is 14.2. The van der Waals surface area contributed by atoms with Gasteiger partial charge in [-0.05, 0) is 28.8 Å². The molecular formula is C23H20O2. The molecule has 0 radical (unpaired) electrons. The maximum Gasteiger partial charge on any atom is 0.142 e. The Morgan fingerprint density at radius 1 is 0.800 bits per heavy atom. The van der Waals surface area contributed by atoms with E-state index in [0.29, 0.717) is 6.42 Å². The van der Waals surface area contributed by atoms with Crippen molar-refractivity contribution in [3.8, 4) is 5.75 Å². The van der Waals surface area contributed by atoms with E-state index in [-0.39, 0.29) is 17.1 Å². The van der Waals surface area contributed by atoms with Crippen molar-refractivity contribution < 1.29 is 9.53 Å². The van der Waals surface area contributed by atoms with Gasteiger partial charge in [0.1, 0.15) is 11.5 Å².